The third kappa shape index (κ3) is 2.50. The fourth-order valence-corrected chi connectivity index (χ4v) is 1.09. The molecular weight excluding hydrogens is 170 g/mol. The van der Waals surface area contributed by atoms with Gasteiger partial charge in [0.2, 0.25) is 0 Å². The molecule has 0 saturated carbocycles. The van der Waals surface area contributed by atoms with Crippen molar-refractivity contribution in [3.63, 3.8) is 0 Å². The summed E-state index contributed by atoms with van der Waals surface area (Å²) in [6.07, 6.45) is 3.68. The SMILES string of the molecule is Cc1cnc(C(CC=O)CC=O)o1. The van der Waals surface area contributed by atoms with Crippen molar-refractivity contribution < 1.29 is 14.0 Å². The first-order valence-electron chi connectivity index (χ1n) is 4.07. The molecule has 0 spiro atoms. The van der Waals surface area contributed by atoms with Gasteiger partial charge in [-0.1, -0.05) is 0 Å². The van der Waals surface area contributed by atoms with E-state index in [-0.39, 0.29) is 18.8 Å². The number of carbonyl (C=O) groups is 2. The monoisotopic (exact) mass is 181 g/mol. The number of aldehydes is 2. The van der Waals surface area contributed by atoms with Gasteiger partial charge in [0.15, 0.2) is 5.89 Å². The Bertz CT molecular complexity index is 283. The minimum atomic E-state index is -0.205. The highest BCUT2D eigenvalue weighted by molar-refractivity contribution is 5.56. The average molecular weight is 181 g/mol. The number of hydrogen-bond acceptors (Lipinski definition) is 4. The number of nitrogens with zero attached hydrogens (tertiary/aromatic N) is 1. The molecule has 70 valence electrons. The molecule has 4 heteroatoms. The largest absolute Gasteiger partial charge is 0.446 e. The number of aryl methyl sites for hydroxylation is 1. The van der Waals surface area contributed by atoms with Crippen LogP contribution in [0.3, 0.4) is 0 Å². The smallest absolute Gasteiger partial charge is 0.198 e. The van der Waals surface area contributed by atoms with Crippen LogP contribution < -0.4 is 0 Å². The van der Waals surface area contributed by atoms with Gasteiger partial charge in [-0.05, 0) is 6.92 Å². The second-order valence-electron chi connectivity index (χ2n) is 2.81. The highest BCUT2D eigenvalue weighted by atomic mass is 16.4. The number of aromatic nitrogens is 1. The van der Waals surface area contributed by atoms with Gasteiger partial charge in [0.05, 0.1) is 6.20 Å². The van der Waals surface area contributed by atoms with Crippen LogP contribution in [0.4, 0.5) is 0 Å². The van der Waals surface area contributed by atoms with Crippen LogP contribution in [0.1, 0.15) is 30.4 Å². The van der Waals surface area contributed by atoms with Crippen molar-refractivity contribution in [1.82, 2.24) is 4.98 Å². The third-order valence-corrected chi connectivity index (χ3v) is 1.75. The summed E-state index contributed by atoms with van der Waals surface area (Å²) in [7, 11) is 0. The van der Waals surface area contributed by atoms with E-state index in [1.54, 1.807) is 13.1 Å². The summed E-state index contributed by atoms with van der Waals surface area (Å²) >= 11 is 0. The predicted octanol–water partition coefficient (Wildman–Crippen LogP) is 1.24. The number of rotatable bonds is 5. The van der Waals surface area contributed by atoms with Crippen molar-refractivity contribution in [2.24, 2.45) is 0 Å². The standard InChI is InChI=1S/C9H11NO3/c1-7-6-10-9(13-7)8(2-4-11)3-5-12/h4-6,8H,2-3H2,1H3. The molecule has 1 aromatic heterocycles. The van der Waals surface area contributed by atoms with Crippen LogP contribution in [-0.2, 0) is 9.59 Å². The van der Waals surface area contributed by atoms with Crippen LogP contribution in [0.15, 0.2) is 10.6 Å². The molecule has 0 aliphatic rings. The van der Waals surface area contributed by atoms with Crippen molar-refractivity contribution in [3.8, 4) is 0 Å². The zero-order valence-corrected chi connectivity index (χ0v) is 7.40. The van der Waals surface area contributed by atoms with Gasteiger partial charge in [-0.25, -0.2) is 4.98 Å². The fraction of sp³-hybridized carbons (Fsp3) is 0.444. The number of hydrogen-bond donors (Lipinski definition) is 0. The van der Waals surface area contributed by atoms with E-state index in [0.29, 0.717) is 11.7 Å². The van der Waals surface area contributed by atoms with E-state index >= 15 is 0 Å². The normalized spacial score (nSPS) is 10.3. The quantitative estimate of drug-likeness (QED) is 0.641. The Balaban J connectivity index is 2.74. The summed E-state index contributed by atoms with van der Waals surface area (Å²) in [6, 6.07) is 0. The summed E-state index contributed by atoms with van der Waals surface area (Å²) in [5, 5.41) is 0. The zero-order chi connectivity index (χ0) is 9.68. The molecular formula is C9H11NO3. The van der Waals surface area contributed by atoms with E-state index in [4.69, 9.17) is 4.42 Å². The average Bonchev–Trinajstić information content (AvgIpc) is 2.51. The van der Waals surface area contributed by atoms with E-state index in [1.165, 1.54) is 0 Å². The molecule has 1 rings (SSSR count). The Hall–Kier alpha value is -1.45. The Kier molecular flexibility index (Phi) is 3.37. The molecule has 0 aliphatic heterocycles. The fourth-order valence-electron chi connectivity index (χ4n) is 1.09. The Morgan fingerprint density at radius 2 is 2.08 bits per heavy atom. The molecule has 0 saturated heterocycles. The van der Waals surface area contributed by atoms with Crippen molar-refractivity contribution in [3.05, 3.63) is 17.8 Å². The molecule has 13 heavy (non-hydrogen) atoms. The van der Waals surface area contributed by atoms with Crippen LogP contribution in [-0.4, -0.2) is 17.6 Å². The molecule has 4 nitrogen and oxygen atoms in total. The van der Waals surface area contributed by atoms with Gasteiger partial charge in [0, 0.05) is 18.8 Å². The third-order valence-electron chi connectivity index (χ3n) is 1.75. The molecule has 0 bridgehead atoms. The molecule has 0 amide bonds. The molecule has 0 fully saturated rings. The number of oxazole rings is 1. The highest BCUT2D eigenvalue weighted by Gasteiger charge is 2.15. The topological polar surface area (TPSA) is 60.2 Å². The van der Waals surface area contributed by atoms with Gasteiger partial charge in [-0.15, -0.1) is 0 Å². The minimum Gasteiger partial charge on any atom is -0.446 e. The zero-order valence-electron chi connectivity index (χ0n) is 7.40. The lowest BCUT2D eigenvalue weighted by Gasteiger charge is -2.04. The maximum absolute atomic E-state index is 10.3. The maximum Gasteiger partial charge on any atom is 0.198 e. The van der Waals surface area contributed by atoms with Gasteiger partial charge in [-0.2, -0.15) is 0 Å². The van der Waals surface area contributed by atoms with Crippen LogP contribution in [0.25, 0.3) is 0 Å². The molecule has 0 N–H and O–H groups in total. The summed E-state index contributed by atoms with van der Waals surface area (Å²) in [5.41, 5.74) is 0. The lowest BCUT2D eigenvalue weighted by Crippen LogP contribution is -2.00. The Morgan fingerprint density at radius 1 is 1.46 bits per heavy atom. The molecule has 0 aliphatic carbocycles. The van der Waals surface area contributed by atoms with E-state index in [9.17, 15) is 9.59 Å². The van der Waals surface area contributed by atoms with Gasteiger partial charge in [0.25, 0.3) is 0 Å². The van der Waals surface area contributed by atoms with Gasteiger partial charge >= 0.3 is 0 Å². The molecule has 0 atom stereocenters. The second-order valence-corrected chi connectivity index (χ2v) is 2.81. The first kappa shape index (κ1) is 9.64. The van der Waals surface area contributed by atoms with Crippen molar-refractivity contribution in [2.75, 3.05) is 0 Å². The Labute approximate surface area is 76.0 Å². The molecule has 1 heterocycles. The lowest BCUT2D eigenvalue weighted by atomic mass is 10.0. The van der Waals surface area contributed by atoms with Crippen LogP contribution in [0.2, 0.25) is 0 Å². The summed E-state index contributed by atoms with van der Waals surface area (Å²) in [5.74, 6) is 0.956. The second kappa shape index (κ2) is 4.54. The van der Waals surface area contributed by atoms with Gasteiger partial charge < -0.3 is 14.0 Å². The molecule has 1 aromatic rings. The van der Waals surface area contributed by atoms with E-state index in [2.05, 4.69) is 4.98 Å². The van der Waals surface area contributed by atoms with Crippen LogP contribution >= 0.6 is 0 Å². The van der Waals surface area contributed by atoms with E-state index < -0.39 is 0 Å². The highest BCUT2D eigenvalue weighted by Crippen LogP contribution is 2.20. The van der Waals surface area contributed by atoms with Gasteiger partial charge in [-0.3, -0.25) is 0 Å². The molecule has 0 radical (unpaired) electrons. The summed E-state index contributed by atoms with van der Waals surface area (Å²) in [4.78, 5) is 24.5. The van der Waals surface area contributed by atoms with E-state index in [1.807, 2.05) is 0 Å². The van der Waals surface area contributed by atoms with Crippen molar-refractivity contribution in [2.45, 2.75) is 25.7 Å². The first-order valence-corrected chi connectivity index (χ1v) is 4.07. The summed E-state index contributed by atoms with van der Waals surface area (Å²) in [6.45, 7) is 1.77. The minimum absolute atomic E-state index is 0.205. The van der Waals surface area contributed by atoms with Crippen LogP contribution in [0, 0.1) is 6.92 Å². The van der Waals surface area contributed by atoms with E-state index in [0.717, 1.165) is 12.6 Å². The van der Waals surface area contributed by atoms with Gasteiger partial charge in [0.1, 0.15) is 18.3 Å². The lowest BCUT2D eigenvalue weighted by molar-refractivity contribution is -0.109. The van der Waals surface area contributed by atoms with Crippen molar-refractivity contribution >= 4 is 12.6 Å². The number of carbonyl (C=O) groups excluding carboxylic acids is 2. The maximum atomic E-state index is 10.3. The first-order chi connectivity index (χ1) is 6.27. The molecule has 0 unspecified atom stereocenters. The predicted molar refractivity (Wildman–Crippen MR) is 45.3 cm³/mol. The Morgan fingerprint density at radius 3 is 2.46 bits per heavy atom. The van der Waals surface area contributed by atoms with Crippen LogP contribution in [0.5, 0.6) is 0 Å². The molecule has 0 aromatic carbocycles. The van der Waals surface area contributed by atoms with Crippen molar-refractivity contribution in [1.29, 1.82) is 0 Å². The summed E-state index contributed by atoms with van der Waals surface area (Å²) < 4.78 is 5.22.